The molecule has 0 aliphatic heterocycles. The van der Waals surface area contributed by atoms with E-state index >= 15 is 0 Å². The molecule has 0 radical (unpaired) electrons. The zero-order chi connectivity index (χ0) is 14.3. The van der Waals surface area contributed by atoms with Crippen LogP contribution in [0.2, 0.25) is 10.0 Å². The lowest BCUT2D eigenvalue weighted by Gasteiger charge is -2.15. The molecule has 1 aromatic rings. The highest BCUT2D eigenvalue weighted by atomic mass is 79.9. The quantitative estimate of drug-likeness (QED) is 0.528. The predicted molar refractivity (Wildman–Crippen MR) is 84.4 cm³/mol. The maximum absolute atomic E-state index is 9.75. The van der Waals surface area contributed by atoms with Crippen molar-refractivity contribution in [3.8, 4) is 0 Å². The molecule has 0 aliphatic rings. The van der Waals surface area contributed by atoms with Crippen molar-refractivity contribution in [2.24, 2.45) is 0 Å². The van der Waals surface area contributed by atoms with Crippen molar-refractivity contribution in [1.29, 1.82) is 0 Å². The third kappa shape index (κ3) is 5.88. The lowest BCUT2D eigenvalue weighted by Crippen LogP contribution is -2.25. The van der Waals surface area contributed by atoms with Crippen LogP contribution in [0.25, 0.3) is 0 Å². The van der Waals surface area contributed by atoms with Gasteiger partial charge in [-0.2, -0.15) is 0 Å². The Bertz CT molecular complexity index is 404. The Kier molecular flexibility index (Phi) is 8.11. The summed E-state index contributed by atoms with van der Waals surface area (Å²) in [7, 11) is 0. The molecule has 0 bridgehead atoms. The summed E-state index contributed by atoms with van der Waals surface area (Å²) in [5.41, 5.74) is 0.697. The van der Waals surface area contributed by atoms with E-state index in [9.17, 15) is 5.11 Å². The van der Waals surface area contributed by atoms with Crippen molar-refractivity contribution in [3.63, 3.8) is 0 Å². The molecular formula is C13H18BrCl2NO2. The first-order valence-electron chi connectivity index (χ1n) is 6.19. The van der Waals surface area contributed by atoms with Gasteiger partial charge < -0.3 is 15.2 Å². The summed E-state index contributed by atoms with van der Waals surface area (Å²) in [5.74, 6) is 0. The van der Waals surface area contributed by atoms with E-state index in [4.69, 9.17) is 27.9 Å². The fourth-order valence-electron chi connectivity index (χ4n) is 1.41. The molecule has 1 rings (SSSR count). The fraction of sp³-hybridized carbons (Fsp3) is 0.538. The van der Waals surface area contributed by atoms with Crippen LogP contribution >= 0.6 is 39.1 Å². The molecule has 1 atom stereocenters. The maximum Gasteiger partial charge on any atom is 0.0945 e. The van der Waals surface area contributed by atoms with Gasteiger partial charge in [-0.05, 0) is 34.5 Å². The first-order chi connectivity index (χ1) is 9.06. The van der Waals surface area contributed by atoms with Gasteiger partial charge in [-0.15, -0.1) is 0 Å². The molecule has 0 amide bonds. The van der Waals surface area contributed by atoms with Gasteiger partial charge in [0.15, 0.2) is 0 Å². The molecule has 0 saturated heterocycles. The van der Waals surface area contributed by atoms with Crippen LogP contribution in [-0.4, -0.2) is 31.0 Å². The Morgan fingerprint density at radius 1 is 1.37 bits per heavy atom. The fourth-order valence-corrected chi connectivity index (χ4v) is 2.26. The largest absolute Gasteiger partial charge is 0.389 e. The Hall–Kier alpha value is -0.000000000000000111. The van der Waals surface area contributed by atoms with Crippen LogP contribution in [0.15, 0.2) is 16.6 Å². The summed E-state index contributed by atoms with van der Waals surface area (Å²) >= 11 is 15.4. The zero-order valence-corrected chi connectivity index (χ0v) is 13.9. The second-order valence-electron chi connectivity index (χ2n) is 4.19. The number of anilines is 1. The highest BCUT2D eigenvalue weighted by Gasteiger charge is 2.10. The second-order valence-corrected chi connectivity index (χ2v) is 5.80. The molecule has 0 aliphatic carbocycles. The SMILES string of the molecule is CCCCOCC(O)CNc1ccc(Br)c(Cl)c1Cl. The minimum atomic E-state index is -0.574. The Labute approximate surface area is 132 Å². The molecule has 1 unspecified atom stereocenters. The average molecular weight is 371 g/mol. The monoisotopic (exact) mass is 369 g/mol. The number of aliphatic hydroxyl groups is 1. The van der Waals surface area contributed by atoms with Gasteiger partial charge in [0.1, 0.15) is 0 Å². The summed E-state index contributed by atoms with van der Waals surface area (Å²) in [5, 5.41) is 13.7. The zero-order valence-electron chi connectivity index (χ0n) is 10.8. The number of benzene rings is 1. The minimum absolute atomic E-state index is 0.314. The molecule has 3 nitrogen and oxygen atoms in total. The van der Waals surface area contributed by atoms with Gasteiger partial charge in [0.2, 0.25) is 0 Å². The van der Waals surface area contributed by atoms with Crippen molar-refractivity contribution < 1.29 is 9.84 Å². The third-order valence-corrected chi connectivity index (χ3v) is 4.29. The van der Waals surface area contributed by atoms with Crippen LogP contribution in [0.3, 0.4) is 0 Å². The van der Waals surface area contributed by atoms with Crippen molar-refractivity contribution >= 4 is 44.8 Å². The Balaban J connectivity index is 2.38. The average Bonchev–Trinajstić information content (AvgIpc) is 2.40. The van der Waals surface area contributed by atoms with E-state index in [1.54, 1.807) is 6.07 Å². The van der Waals surface area contributed by atoms with Crippen molar-refractivity contribution in [2.75, 3.05) is 25.1 Å². The van der Waals surface area contributed by atoms with Crippen molar-refractivity contribution in [1.82, 2.24) is 0 Å². The van der Waals surface area contributed by atoms with E-state index in [2.05, 4.69) is 28.2 Å². The molecule has 0 saturated carbocycles. The van der Waals surface area contributed by atoms with Crippen LogP contribution in [0.4, 0.5) is 5.69 Å². The molecule has 2 N–H and O–H groups in total. The van der Waals surface area contributed by atoms with E-state index in [0.29, 0.717) is 35.5 Å². The van der Waals surface area contributed by atoms with Gasteiger partial charge in [-0.25, -0.2) is 0 Å². The van der Waals surface area contributed by atoms with Gasteiger partial charge in [0, 0.05) is 17.6 Å². The number of nitrogens with one attached hydrogen (secondary N) is 1. The van der Waals surface area contributed by atoms with E-state index in [1.165, 1.54) is 0 Å². The van der Waals surface area contributed by atoms with E-state index < -0.39 is 6.10 Å². The maximum atomic E-state index is 9.75. The minimum Gasteiger partial charge on any atom is -0.389 e. The van der Waals surface area contributed by atoms with Gasteiger partial charge >= 0.3 is 0 Å². The van der Waals surface area contributed by atoms with Crippen LogP contribution in [0.5, 0.6) is 0 Å². The summed E-state index contributed by atoms with van der Waals surface area (Å²) < 4.78 is 6.08. The van der Waals surface area contributed by atoms with Crippen LogP contribution < -0.4 is 5.32 Å². The van der Waals surface area contributed by atoms with Gasteiger partial charge in [-0.1, -0.05) is 36.5 Å². The molecular weight excluding hydrogens is 353 g/mol. The van der Waals surface area contributed by atoms with Gasteiger partial charge in [0.05, 0.1) is 28.4 Å². The standard InChI is InChI=1S/C13H18BrCl2NO2/c1-2-3-6-19-8-9(18)7-17-11-5-4-10(14)12(15)13(11)16/h4-5,9,17-18H,2-3,6-8H2,1H3. The number of aliphatic hydroxyl groups excluding tert-OH is 1. The summed E-state index contributed by atoms with van der Waals surface area (Å²) in [4.78, 5) is 0. The first kappa shape index (κ1) is 17.1. The number of unbranched alkanes of at least 4 members (excludes halogenated alkanes) is 1. The molecule has 0 aromatic heterocycles. The summed E-state index contributed by atoms with van der Waals surface area (Å²) in [6, 6.07) is 3.61. The predicted octanol–water partition coefficient (Wildman–Crippen LogP) is 4.35. The number of rotatable bonds is 8. The lowest BCUT2D eigenvalue weighted by atomic mass is 10.3. The highest BCUT2D eigenvalue weighted by Crippen LogP contribution is 2.35. The second kappa shape index (κ2) is 9.03. The first-order valence-corrected chi connectivity index (χ1v) is 7.74. The van der Waals surface area contributed by atoms with Crippen LogP contribution in [-0.2, 0) is 4.74 Å². The van der Waals surface area contributed by atoms with E-state index in [0.717, 1.165) is 17.3 Å². The normalized spacial score (nSPS) is 12.5. The summed E-state index contributed by atoms with van der Waals surface area (Å²) in [6.07, 6.45) is 1.52. The van der Waals surface area contributed by atoms with Gasteiger partial charge in [-0.3, -0.25) is 0 Å². The van der Waals surface area contributed by atoms with E-state index in [-0.39, 0.29) is 0 Å². The number of ether oxygens (including phenoxy) is 1. The number of halogens is 3. The summed E-state index contributed by atoms with van der Waals surface area (Å²) in [6.45, 7) is 3.46. The Morgan fingerprint density at radius 3 is 2.79 bits per heavy atom. The molecule has 1 aromatic carbocycles. The van der Waals surface area contributed by atoms with Gasteiger partial charge in [0.25, 0.3) is 0 Å². The highest BCUT2D eigenvalue weighted by molar-refractivity contribution is 9.10. The lowest BCUT2D eigenvalue weighted by molar-refractivity contribution is 0.0422. The number of hydrogen-bond donors (Lipinski definition) is 2. The molecule has 0 fully saturated rings. The Morgan fingerprint density at radius 2 is 2.11 bits per heavy atom. The van der Waals surface area contributed by atoms with Crippen molar-refractivity contribution in [2.45, 2.75) is 25.9 Å². The molecule has 19 heavy (non-hydrogen) atoms. The van der Waals surface area contributed by atoms with Crippen molar-refractivity contribution in [3.05, 3.63) is 26.7 Å². The number of hydrogen-bond acceptors (Lipinski definition) is 3. The molecule has 6 heteroatoms. The molecule has 108 valence electrons. The molecule has 0 heterocycles. The third-order valence-electron chi connectivity index (χ3n) is 2.52. The molecule has 0 spiro atoms. The smallest absolute Gasteiger partial charge is 0.0945 e. The van der Waals surface area contributed by atoms with Crippen LogP contribution in [0, 0.1) is 0 Å². The van der Waals surface area contributed by atoms with E-state index in [1.807, 2.05) is 6.07 Å². The van der Waals surface area contributed by atoms with Crippen LogP contribution in [0.1, 0.15) is 19.8 Å². The topological polar surface area (TPSA) is 41.5 Å².